The Morgan fingerprint density at radius 3 is 2.86 bits per heavy atom. The van der Waals surface area contributed by atoms with E-state index in [0.717, 1.165) is 41.4 Å². The van der Waals surface area contributed by atoms with Crippen LogP contribution in [0.3, 0.4) is 0 Å². The van der Waals surface area contributed by atoms with Gasteiger partial charge in [-0.3, -0.25) is 9.59 Å². The van der Waals surface area contributed by atoms with Crippen molar-refractivity contribution in [2.24, 2.45) is 5.92 Å². The maximum absolute atomic E-state index is 12.7. The highest BCUT2D eigenvalue weighted by molar-refractivity contribution is 6.31. The summed E-state index contributed by atoms with van der Waals surface area (Å²) < 4.78 is 0. The largest absolute Gasteiger partial charge is 0.342 e. The number of halogens is 1. The summed E-state index contributed by atoms with van der Waals surface area (Å²) in [6.07, 6.45) is 3.44. The van der Waals surface area contributed by atoms with Crippen LogP contribution >= 0.6 is 11.6 Å². The lowest BCUT2D eigenvalue weighted by atomic mass is 9.93. The number of fused-ring (bicyclic) bond motifs is 1. The molecule has 1 saturated carbocycles. The minimum absolute atomic E-state index is 0.134. The van der Waals surface area contributed by atoms with E-state index in [1.165, 1.54) is 0 Å². The normalized spacial score (nSPS) is 17.6. The van der Waals surface area contributed by atoms with Gasteiger partial charge in [0.1, 0.15) is 11.6 Å². The summed E-state index contributed by atoms with van der Waals surface area (Å²) in [4.78, 5) is 32.4. The monoisotopic (exact) mass is 409 g/mol. The first-order valence-corrected chi connectivity index (χ1v) is 10.4. The second-order valence-corrected chi connectivity index (χ2v) is 8.32. The number of carbonyl (C=O) groups is 2. The Balaban J connectivity index is 1.45. The molecule has 29 heavy (non-hydrogen) atoms. The van der Waals surface area contributed by atoms with Gasteiger partial charge in [-0.2, -0.15) is 0 Å². The SMILES string of the molecule is Cc1cc(C(=O)N[C@@H](C)c2nc3ccc(Cl)cc3[nH]2)ccc1CC1CCCC1=O. The molecule has 1 aromatic heterocycles. The van der Waals surface area contributed by atoms with Crippen molar-refractivity contribution >= 4 is 34.3 Å². The fourth-order valence-corrected chi connectivity index (χ4v) is 4.16. The molecule has 1 unspecified atom stereocenters. The van der Waals surface area contributed by atoms with Crippen molar-refractivity contribution in [1.29, 1.82) is 0 Å². The van der Waals surface area contributed by atoms with Crippen LogP contribution in [-0.2, 0) is 11.2 Å². The number of hydrogen-bond donors (Lipinski definition) is 2. The van der Waals surface area contributed by atoms with Gasteiger partial charge >= 0.3 is 0 Å². The third kappa shape index (κ3) is 4.20. The molecule has 0 saturated heterocycles. The third-order valence-electron chi connectivity index (χ3n) is 5.72. The minimum Gasteiger partial charge on any atom is -0.342 e. The van der Waals surface area contributed by atoms with E-state index < -0.39 is 0 Å². The Morgan fingerprint density at radius 1 is 1.31 bits per heavy atom. The lowest BCUT2D eigenvalue weighted by Gasteiger charge is -2.14. The molecule has 1 aliphatic carbocycles. The number of Topliss-reactive ketones (excluding diaryl/α,β-unsaturated/α-hetero) is 1. The van der Waals surface area contributed by atoms with Crippen molar-refractivity contribution in [2.45, 2.75) is 45.6 Å². The number of H-pyrrole nitrogens is 1. The number of ketones is 1. The Bertz CT molecular complexity index is 1090. The molecule has 1 aliphatic rings. The fraction of sp³-hybridized carbons (Fsp3) is 0.348. The molecular weight excluding hydrogens is 386 g/mol. The molecule has 2 atom stereocenters. The smallest absolute Gasteiger partial charge is 0.251 e. The first-order chi connectivity index (χ1) is 13.9. The van der Waals surface area contributed by atoms with Gasteiger partial charge in [0.2, 0.25) is 0 Å². The standard InChI is InChI=1S/C23H24ClN3O2/c1-13-10-17(7-6-15(13)11-16-4-3-5-21(16)28)23(29)25-14(2)22-26-19-9-8-18(24)12-20(19)27-22/h6-10,12,14,16H,3-5,11H2,1-2H3,(H,25,29)(H,26,27)/t14-,16?/m0/s1. The molecule has 150 valence electrons. The summed E-state index contributed by atoms with van der Waals surface area (Å²) in [5.41, 5.74) is 4.45. The van der Waals surface area contributed by atoms with E-state index in [0.29, 0.717) is 28.6 Å². The maximum Gasteiger partial charge on any atom is 0.251 e. The molecule has 1 heterocycles. The molecule has 0 radical (unpaired) electrons. The number of imidazole rings is 1. The van der Waals surface area contributed by atoms with Crippen LogP contribution in [0.4, 0.5) is 0 Å². The van der Waals surface area contributed by atoms with E-state index in [-0.39, 0.29) is 17.9 Å². The molecule has 1 amide bonds. The Morgan fingerprint density at radius 2 is 2.14 bits per heavy atom. The van der Waals surface area contributed by atoms with Gasteiger partial charge in [-0.05, 0) is 74.6 Å². The van der Waals surface area contributed by atoms with Crippen LogP contribution in [0.15, 0.2) is 36.4 Å². The number of aromatic nitrogens is 2. The van der Waals surface area contributed by atoms with Gasteiger partial charge < -0.3 is 10.3 Å². The quantitative estimate of drug-likeness (QED) is 0.627. The van der Waals surface area contributed by atoms with Crippen molar-refractivity contribution in [3.05, 3.63) is 63.9 Å². The van der Waals surface area contributed by atoms with E-state index in [1.807, 2.05) is 44.2 Å². The Kier molecular flexibility index (Phi) is 5.41. The van der Waals surface area contributed by atoms with Gasteiger partial charge in [-0.15, -0.1) is 0 Å². The van der Waals surface area contributed by atoms with Gasteiger partial charge in [0.15, 0.2) is 0 Å². The maximum atomic E-state index is 12.7. The molecule has 1 fully saturated rings. The highest BCUT2D eigenvalue weighted by Crippen LogP contribution is 2.27. The molecule has 4 rings (SSSR count). The number of nitrogens with one attached hydrogen (secondary N) is 2. The van der Waals surface area contributed by atoms with E-state index in [2.05, 4.69) is 15.3 Å². The van der Waals surface area contributed by atoms with Crippen LogP contribution in [0.1, 0.15) is 59.5 Å². The summed E-state index contributed by atoms with van der Waals surface area (Å²) in [6.45, 7) is 3.89. The molecule has 2 N–H and O–H groups in total. The van der Waals surface area contributed by atoms with Crippen molar-refractivity contribution in [3.63, 3.8) is 0 Å². The van der Waals surface area contributed by atoms with Crippen LogP contribution < -0.4 is 5.32 Å². The summed E-state index contributed by atoms with van der Waals surface area (Å²) in [7, 11) is 0. The first-order valence-electron chi connectivity index (χ1n) is 9.99. The average Bonchev–Trinajstić information content (AvgIpc) is 3.29. The minimum atomic E-state index is -0.273. The van der Waals surface area contributed by atoms with Gasteiger partial charge in [-0.1, -0.05) is 17.7 Å². The first kappa shape index (κ1) is 19.6. The zero-order chi connectivity index (χ0) is 20.5. The van der Waals surface area contributed by atoms with E-state index in [9.17, 15) is 9.59 Å². The van der Waals surface area contributed by atoms with Crippen molar-refractivity contribution in [2.75, 3.05) is 0 Å². The van der Waals surface area contributed by atoms with Crippen molar-refractivity contribution in [3.8, 4) is 0 Å². The summed E-state index contributed by atoms with van der Waals surface area (Å²) in [6, 6.07) is 10.9. The van der Waals surface area contributed by atoms with E-state index in [1.54, 1.807) is 6.07 Å². The summed E-state index contributed by atoms with van der Waals surface area (Å²) in [5.74, 6) is 1.04. The molecule has 2 aromatic carbocycles. The van der Waals surface area contributed by atoms with Crippen molar-refractivity contribution in [1.82, 2.24) is 15.3 Å². The number of benzene rings is 2. The van der Waals surface area contributed by atoms with Gasteiger partial charge in [0.25, 0.3) is 5.91 Å². The fourth-order valence-electron chi connectivity index (χ4n) is 3.99. The Hall–Kier alpha value is -2.66. The predicted molar refractivity (Wildman–Crippen MR) is 114 cm³/mol. The molecule has 5 nitrogen and oxygen atoms in total. The number of amides is 1. The van der Waals surface area contributed by atoms with Gasteiger partial charge in [0.05, 0.1) is 17.1 Å². The van der Waals surface area contributed by atoms with Crippen LogP contribution in [0, 0.1) is 12.8 Å². The zero-order valence-corrected chi connectivity index (χ0v) is 17.3. The number of aromatic amines is 1. The predicted octanol–water partition coefficient (Wildman–Crippen LogP) is 4.93. The van der Waals surface area contributed by atoms with E-state index >= 15 is 0 Å². The summed E-state index contributed by atoms with van der Waals surface area (Å²) >= 11 is 6.02. The van der Waals surface area contributed by atoms with Crippen LogP contribution in [0.25, 0.3) is 11.0 Å². The molecule has 3 aromatic rings. The lowest BCUT2D eigenvalue weighted by molar-refractivity contribution is -0.120. The third-order valence-corrected chi connectivity index (χ3v) is 5.96. The van der Waals surface area contributed by atoms with Crippen LogP contribution in [-0.4, -0.2) is 21.7 Å². The van der Waals surface area contributed by atoms with Crippen LogP contribution in [0.2, 0.25) is 5.02 Å². The highest BCUT2D eigenvalue weighted by Gasteiger charge is 2.25. The topological polar surface area (TPSA) is 74.8 Å². The molecule has 6 heteroatoms. The molecular formula is C23H24ClN3O2. The van der Waals surface area contributed by atoms with Crippen LogP contribution in [0.5, 0.6) is 0 Å². The van der Waals surface area contributed by atoms with Crippen molar-refractivity contribution < 1.29 is 9.59 Å². The second kappa shape index (κ2) is 7.99. The average molecular weight is 410 g/mol. The Labute approximate surface area is 174 Å². The lowest BCUT2D eigenvalue weighted by Crippen LogP contribution is -2.27. The number of nitrogens with zero attached hydrogens (tertiary/aromatic N) is 1. The highest BCUT2D eigenvalue weighted by atomic mass is 35.5. The van der Waals surface area contributed by atoms with E-state index in [4.69, 9.17) is 11.6 Å². The van der Waals surface area contributed by atoms with Gasteiger partial charge in [-0.25, -0.2) is 4.98 Å². The summed E-state index contributed by atoms with van der Waals surface area (Å²) in [5, 5.41) is 3.63. The zero-order valence-electron chi connectivity index (χ0n) is 16.6. The number of carbonyl (C=O) groups excluding carboxylic acids is 2. The molecule has 0 spiro atoms. The number of rotatable bonds is 5. The van der Waals surface area contributed by atoms with Gasteiger partial charge in [0, 0.05) is 22.9 Å². The second-order valence-electron chi connectivity index (χ2n) is 7.88. The molecule has 0 aliphatic heterocycles. The number of hydrogen-bond acceptors (Lipinski definition) is 3. The molecule has 0 bridgehead atoms. The number of aryl methyl sites for hydroxylation is 1.